The van der Waals surface area contributed by atoms with E-state index in [0.717, 1.165) is 24.7 Å². The van der Waals surface area contributed by atoms with Crippen molar-refractivity contribution in [3.63, 3.8) is 0 Å². The standard InChI is InChI=1S/C16H29N3/c1-11-5-7-14(8-6-11)16(17)10-9-15-12(2)18-19(4)13(15)3/h11,14,16H,5-10,17H2,1-4H3. The Bertz CT molecular complexity index is 414. The SMILES string of the molecule is Cc1nn(C)c(C)c1CCC(N)C1CCC(C)CC1. The predicted molar refractivity (Wildman–Crippen MR) is 80.1 cm³/mol. The van der Waals surface area contributed by atoms with Gasteiger partial charge in [0.15, 0.2) is 0 Å². The number of nitrogens with zero attached hydrogens (tertiary/aromatic N) is 2. The van der Waals surface area contributed by atoms with E-state index in [2.05, 4.69) is 25.9 Å². The Hall–Kier alpha value is -0.830. The summed E-state index contributed by atoms with van der Waals surface area (Å²) in [6.45, 7) is 6.63. The van der Waals surface area contributed by atoms with E-state index < -0.39 is 0 Å². The average Bonchev–Trinajstić information content (AvgIpc) is 2.62. The topological polar surface area (TPSA) is 43.8 Å². The van der Waals surface area contributed by atoms with Crippen LogP contribution < -0.4 is 5.73 Å². The summed E-state index contributed by atoms with van der Waals surface area (Å²) in [5, 5.41) is 4.49. The third-order valence-electron chi connectivity index (χ3n) is 5.05. The Morgan fingerprint density at radius 2 is 1.89 bits per heavy atom. The zero-order valence-corrected chi connectivity index (χ0v) is 12.9. The van der Waals surface area contributed by atoms with Crippen LogP contribution in [-0.4, -0.2) is 15.8 Å². The molecule has 1 unspecified atom stereocenters. The molecule has 108 valence electrons. The number of nitrogens with two attached hydrogens (primary N) is 1. The Morgan fingerprint density at radius 1 is 1.26 bits per heavy atom. The molecule has 0 saturated heterocycles. The zero-order chi connectivity index (χ0) is 14.0. The molecule has 1 atom stereocenters. The first-order chi connectivity index (χ1) is 8.99. The van der Waals surface area contributed by atoms with Crippen LogP contribution in [0.2, 0.25) is 0 Å². The van der Waals surface area contributed by atoms with E-state index in [1.54, 1.807) is 0 Å². The van der Waals surface area contributed by atoms with Crippen LogP contribution in [0.15, 0.2) is 0 Å². The Kier molecular flexibility index (Phi) is 4.67. The summed E-state index contributed by atoms with van der Waals surface area (Å²) in [6, 6.07) is 0.367. The van der Waals surface area contributed by atoms with Crippen molar-refractivity contribution < 1.29 is 0 Å². The quantitative estimate of drug-likeness (QED) is 0.907. The van der Waals surface area contributed by atoms with Crippen LogP contribution in [0.1, 0.15) is 56.0 Å². The van der Waals surface area contributed by atoms with Gasteiger partial charge in [-0.1, -0.05) is 19.8 Å². The van der Waals surface area contributed by atoms with E-state index in [0.29, 0.717) is 6.04 Å². The monoisotopic (exact) mass is 263 g/mol. The van der Waals surface area contributed by atoms with Gasteiger partial charge in [-0.15, -0.1) is 0 Å². The summed E-state index contributed by atoms with van der Waals surface area (Å²) >= 11 is 0. The number of hydrogen-bond acceptors (Lipinski definition) is 2. The van der Waals surface area contributed by atoms with Gasteiger partial charge in [0.2, 0.25) is 0 Å². The second-order valence-corrected chi connectivity index (χ2v) is 6.50. The van der Waals surface area contributed by atoms with Crippen LogP contribution in [0.3, 0.4) is 0 Å². The fourth-order valence-electron chi connectivity index (χ4n) is 3.44. The summed E-state index contributed by atoms with van der Waals surface area (Å²) in [4.78, 5) is 0. The highest BCUT2D eigenvalue weighted by Crippen LogP contribution is 2.31. The molecule has 0 spiro atoms. The van der Waals surface area contributed by atoms with Crippen molar-refractivity contribution in [2.45, 2.75) is 65.3 Å². The highest BCUT2D eigenvalue weighted by Gasteiger charge is 2.24. The van der Waals surface area contributed by atoms with Gasteiger partial charge in [-0.05, 0) is 56.9 Å². The van der Waals surface area contributed by atoms with Crippen molar-refractivity contribution in [1.82, 2.24) is 9.78 Å². The molecule has 1 fully saturated rings. The van der Waals surface area contributed by atoms with Gasteiger partial charge in [-0.25, -0.2) is 0 Å². The van der Waals surface area contributed by atoms with E-state index in [1.807, 2.05) is 11.7 Å². The molecule has 1 aromatic heterocycles. The smallest absolute Gasteiger partial charge is 0.0628 e. The lowest BCUT2D eigenvalue weighted by molar-refractivity contribution is 0.248. The lowest BCUT2D eigenvalue weighted by Gasteiger charge is -2.30. The van der Waals surface area contributed by atoms with Crippen molar-refractivity contribution in [3.8, 4) is 0 Å². The fourth-order valence-corrected chi connectivity index (χ4v) is 3.44. The fraction of sp³-hybridized carbons (Fsp3) is 0.812. The normalized spacial score (nSPS) is 25.5. The Labute approximate surface area is 117 Å². The maximum absolute atomic E-state index is 6.42. The van der Waals surface area contributed by atoms with E-state index in [4.69, 9.17) is 5.73 Å². The summed E-state index contributed by atoms with van der Waals surface area (Å²) in [7, 11) is 2.02. The van der Waals surface area contributed by atoms with Crippen molar-refractivity contribution in [2.75, 3.05) is 0 Å². The molecular formula is C16H29N3. The van der Waals surface area contributed by atoms with Crippen LogP contribution >= 0.6 is 0 Å². The number of aromatic nitrogens is 2. The molecule has 0 radical (unpaired) electrons. The molecule has 1 aliphatic rings. The molecular weight excluding hydrogens is 234 g/mol. The molecule has 1 aliphatic carbocycles. The Morgan fingerprint density at radius 3 is 2.42 bits per heavy atom. The van der Waals surface area contributed by atoms with E-state index >= 15 is 0 Å². The van der Waals surface area contributed by atoms with Gasteiger partial charge < -0.3 is 5.73 Å². The Balaban J connectivity index is 1.88. The number of aryl methyl sites for hydroxylation is 2. The minimum Gasteiger partial charge on any atom is -0.327 e. The summed E-state index contributed by atoms with van der Waals surface area (Å²) in [5.41, 5.74) is 10.3. The highest BCUT2D eigenvalue weighted by molar-refractivity contribution is 5.24. The number of hydrogen-bond donors (Lipinski definition) is 1. The number of rotatable bonds is 4. The first-order valence-electron chi connectivity index (χ1n) is 7.73. The predicted octanol–water partition coefficient (Wildman–Crippen LogP) is 3.12. The van der Waals surface area contributed by atoms with Crippen LogP contribution in [0.4, 0.5) is 0 Å². The van der Waals surface area contributed by atoms with Crippen molar-refractivity contribution in [2.24, 2.45) is 24.6 Å². The minimum absolute atomic E-state index is 0.367. The minimum atomic E-state index is 0.367. The van der Waals surface area contributed by atoms with Crippen molar-refractivity contribution >= 4 is 0 Å². The third-order valence-corrected chi connectivity index (χ3v) is 5.05. The first kappa shape index (κ1) is 14.6. The molecule has 0 aliphatic heterocycles. The molecule has 3 nitrogen and oxygen atoms in total. The van der Waals surface area contributed by atoms with Crippen LogP contribution in [-0.2, 0) is 13.5 Å². The summed E-state index contributed by atoms with van der Waals surface area (Å²) < 4.78 is 1.98. The molecule has 3 heteroatoms. The zero-order valence-electron chi connectivity index (χ0n) is 12.9. The molecule has 1 heterocycles. The van der Waals surface area contributed by atoms with Gasteiger partial charge in [0.1, 0.15) is 0 Å². The average molecular weight is 263 g/mol. The van der Waals surface area contributed by atoms with Gasteiger partial charge in [-0.2, -0.15) is 5.10 Å². The van der Waals surface area contributed by atoms with Crippen molar-refractivity contribution in [3.05, 3.63) is 17.0 Å². The maximum Gasteiger partial charge on any atom is 0.0628 e. The maximum atomic E-state index is 6.42. The largest absolute Gasteiger partial charge is 0.327 e. The molecule has 2 rings (SSSR count). The van der Waals surface area contributed by atoms with Crippen LogP contribution in [0, 0.1) is 25.7 Å². The molecule has 1 aromatic rings. The van der Waals surface area contributed by atoms with Gasteiger partial charge in [0.05, 0.1) is 5.69 Å². The lowest BCUT2D eigenvalue weighted by Crippen LogP contribution is -2.33. The van der Waals surface area contributed by atoms with Gasteiger partial charge in [0.25, 0.3) is 0 Å². The van der Waals surface area contributed by atoms with E-state index in [-0.39, 0.29) is 0 Å². The molecule has 0 aromatic carbocycles. The molecule has 2 N–H and O–H groups in total. The van der Waals surface area contributed by atoms with Gasteiger partial charge in [-0.3, -0.25) is 4.68 Å². The molecule has 0 bridgehead atoms. The second kappa shape index (κ2) is 6.08. The molecule has 19 heavy (non-hydrogen) atoms. The van der Waals surface area contributed by atoms with Gasteiger partial charge >= 0.3 is 0 Å². The third kappa shape index (κ3) is 3.38. The second-order valence-electron chi connectivity index (χ2n) is 6.50. The summed E-state index contributed by atoms with van der Waals surface area (Å²) in [5.74, 6) is 1.65. The van der Waals surface area contributed by atoms with Crippen molar-refractivity contribution in [1.29, 1.82) is 0 Å². The molecule has 0 amide bonds. The van der Waals surface area contributed by atoms with E-state index in [1.165, 1.54) is 42.6 Å². The van der Waals surface area contributed by atoms with Crippen LogP contribution in [0.25, 0.3) is 0 Å². The van der Waals surface area contributed by atoms with E-state index in [9.17, 15) is 0 Å². The van der Waals surface area contributed by atoms with Gasteiger partial charge in [0, 0.05) is 18.8 Å². The molecule has 1 saturated carbocycles. The summed E-state index contributed by atoms with van der Waals surface area (Å²) in [6.07, 6.45) is 7.57. The highest BCUT2D eigenvalue weighted by atomic mass is 15.3. The van der Waals surface area contributed by atoms with Crippen LogP contribution in [0.5, 0.6) is 0 Å². The first-order valence-corrected chi connectivity index (χ1v) is 7.73. The lowest BCUT2D eigenvalue weighted by atomic mass is 9.78.